The van der Waals surface area contributed by atoms with Crippen LogP contribution in [-0.2, 0) is 22.4 Å². The number of likely N-dealkylation sites (tertiary alicyclic amines) is 1. The van der Waals surface area contributed by atoms with E-state index in [2.05, 4.69) is 38.1 Å². The number of allylic oxidation sites excluding steroid dienone is 2. The third-order valence-corrected chi connectivity index (χ3v) is 8.39. The first-order chi connectivity index (χ1) is 15.2. The summed E-state index contributed by atoms with van der Waals surface area (Å²) in [5.74, 6) is 0.0651. The molecule has 5 aliphatic rings. The first-order valence-electron chi connectivity index (χ1n) is 12.9. The van der Waals surface area contributed by atoms with Gasteiger partial charge in [-0.15, -0.1) is 0 Å². The van der Waals surface area contributed by atoms with E-state index >= 15 is 0 Å². The Labute approximate surface area is 187 Å². The number of rotatable bonds is 7. The van der Waals surface area contributed by atoms with E-state index in [9.17, 15) is 9.59 Å². The van der Waals surface area contributed by atoms with Crippen molar-refractivity contribution in [3.05, 3.63) is 46.5 Å². The monoisotopic (exact) mass is 419 g/mol. The molecule has 3 heteroatoms. The van der Waals surface area contributed by atoms with Gasteiger partial charge in [-0.2, -0.15) is 0 Å². The van der Waals surface area contributed by atoms with Crippen LogP contribution >= 0.6 is 0 Å². The standard InChI is InChI=1S/C28H37NO2/c1-3-5-10-18-16-23-21-14-15-22(24(23)17-19(18)11-6-4-2)26-25(21)27(30)29(28(26)31)20-12-8-7-9-13-20/h14-17,20-22,25-26H,3-13H2,1-2H3. The average Bonchev–Trinajstić information content (AvgIpc) is 3.08. The second-order valence-electron chi connectivity index (χ2n) is 10.3. The second kappa shape index (κ2) is 8.56. The molecule has 1 saturated carbocycles. The lowest BCUT2D eigenvalue weighted by atomic mass is 9.60. The highest BCUT2D eigenvalue weighted by molar-refractivity contribution is 6.07. The van der Waals surface area contributed by atoms with Gasteiger partial charge in [-0.25, -0.2) is 0 Å². The Morgan fingerprint density at radius 3 is 1.71 bits per heavy atom. The maximum Gasteiger partial charge on any atom is 0.234 e. The highest BCUT2D eigenvalue weighted by Gasteiger charge is 2.59. The number of aryl methyl sites for hydroxylation is 2. The number of carbonyl (C=O) groups is 2. The van der Waals surface area contributed by atoms with Gasteiger partial charge >= 0.3 is 0 Å². The van der Waals surface area contributed by atoms with Crippen LogP contribution in [0.1, 0.15) is 106 Å². The van der Waals surface area contributed by atoms with Crippen molar-refractivity contribution in [1.29, 1.82) is 0 Å². The lowest BCUT2D eigenvalue weighted by Gasteiger charge is -2.41. The molecule has 166 valence electrons. The molecule has 2 bridgehead atoms. The van der Waals surface area contributed by atoms with Gasteiger partial charge in [0.05, 0.1) is 11.8 Å². The van der Waals surface area contributed by atoms with Crippen LogP contribution in [0.15, 0.2) is 24.3 Å². The van der Waals surface area contributed by atoms with Crippen LogP contribution in [0.5, 0.6) is 0 Å². The third kappa shape index (κ3) is 3.39. The van der Waals surface area contributed by atoms with Crippen LogP contribution in [0.3, 0.4) is 0 Å². The predicted octanol–water partition coefficient (Wildman–Crippen LogP) is 6.06. The summed E-state index contributed by atoms with van der Waals surface area (Å²) < 4.78 is 0. The molecule has 4 atom stereocenters. The van der Waals surface area contributed by atoms with Crippen LogP contribution in [0.2, 0.25) is 0 Å². The molecular formula is C28H37NO2. The summed E-state index contributed by atoms with van der Waals surface area (Å²) in [5, 5.41) is 0. The van der Waals surface area contributed by atoms with E-state index in [0.29, 0.717) is 0 Å². The van der Waals surface area contributed by atoms with E-state index in [0.717, 1.165) is 38.5 Å². The lowest BCUT2D eigenvalue weighted by molar-refractivity contribution is -0.143. The molecule has 6 rings (SSSR count). The Balaban J connectivity index is 1.51. The number of nitrogens with zero attached hydrogens (tertiary/aromatic N) is 1. The topological polar surface area (TPSA) is 37.4 Å². The van der Waals surface area contributed by atoms with E-state index in [1.165, 1.54) is 54.4 Å². The maximum atomic E-state index is 13.6. The first-order valence-corrected chi connectivity index (χ1v) is 12.9. The second-order valence-corrected chi connectivity index (χ2v) is 10.3. The van der Waals surface area contributed by atoms with Crippen molar-refractivity contribution in [2.24, 2.45) is 11.8 Å². The molecule has 0 aromatic heterocycles. The summed E-state index contributed by atoms with van der Waals surface area (Å²) >= 11 is 0. The normalized spacial score (nSPS) is 29.5. The number of amides is 2. The van der Waals surface area contributed by atoms with Gasteiger partial charge in [-0.1, -0.05) is 70.2 Å². The zero-order chi connectivity index (χ0) is 21.5. The summed E-state index contributed by atoms with van der Waals surface area (Å²) in [5.41, 5.74) is 5.64. The number of hydrogen-bond acceptors (Lipinski definition) is 2. The molecule has 1 heterocycles. The smallest absolute Gasteiger partial charge is 0.234 e. The molecular weight excluding hydrogens is 382 g/mol. The van der Waals surface area contributed by atoms with Crippen LogP contribution in [0, 0.1) is 11.8 Å². The summed E-state index contributed by atoms with van der Waals surface area (Å²) in [4.78, 5) is 28.9. The molecule has 2 fully saturated rings. The van der Waals surface area contributed by atoms with Crippen LogP contribution in [-0.4, -0.2) is 22.8 Å². The zero-order valence-corrected chi connectivity index (χ0v) is 19.2. The molecule has 0 N–H and O–H groups in total. The van der Waals surface area contributed by atoms with Crippen molar-refractivity contribution in [1.82, 2.24) is 4.90 Å². The van der Waals surface area contributed by atoms with E-state index in [4.69, 9.17) is 0 Å². The number of hydrogen-bond donors (Lipinski definition) is 0. The Bertz CT molecular complexity index is 832. The van der Waals surface area contributed by atoms with E-state index in [-0.39, 0.29) is 41.5 Å². The van der Waals surface area contributed by atoms with Gasteiger partial charge in [0.25, 0.3) is 0 Å². The van der Waals surface area contributed by atoms with Crippen molar-refractivity contribution in [2.45, 2.75) is 102 Å². The highest BCUT2D eigenvalue weighted by atomic mass is 16.2. The van der Waals surface area contributed by atoms with Gasteiger partial charge in [-0.3, -0.25) is 14.5 Å². The molecule has 3 nitrogen and oxygen atoms in total. The van der Waals surface area contributed by atoms with Crippen LogP contribution < -0.4 is 0 Å². The third-order valence-electron chi connectivity index (χ3n) is 8.39. The fourth-order valence-corrected chi connectivity index (χ4v) is 6.77. The Kier molecular flexibility index (Phi) is 5.79. The Morgan fingerprint density at radius 2 is 1.26 bits per heavy atom. The van der Waals surface area contributed by atoms with Crippen molar-refractivity contribution in [2.75, 3.05) is 0 Å². The molecule has 1 aromatic rings. The van der Waals surface area contributed by atoms with E-state index in [1.807, 2.05) is 0 Å². The minimum absolute atomic E-state index is 0.0793. The minimum Gasteiger partial charge on any atom is -0.279 e. The summed E-state index contributed by atoms with van der Waals surface area (Å²) in [6.07, 6.45) is 17.1. The molecule has 4 unspecified atom stereocenters. The summed E-state index contributed by atoms with van der Waals surface area (Å²) in [7, 11) is 0. The maximum absolute atomic E-state index is 13.6. The van der Waals surface area contributed by atoms with Crippen LogP contribution in [0.25, 0.3) is 0 Å². The van der Waals surface area contributed by atoms with Gasteiger partial charge in [0.2, 0.25) is 11.8 Å². The van der Waals surface area contributed by atoms with Gasteiger partial charge in [0, 0.05) is 17.9 Å². The van der Waals surface area contributed by atoms with Gasteiger partial charge in [0.1, 0.15) is 0 Å². The molecule has 2 amide bonds. The average molecular weight is 420 g/mol. The van der Waals surface area contributed by atoms with Crippen molar-refractivity contribution in [3.8, 4) is 0 Å². The fraction of sp³-hybridized carbons (Fsp3) is 0.643. The highest BCUT2D eigenvalue weighted by Crippen LogP contribution is 2.56. The van der Waals surface area contributed by atoms with E-state index < -0.39 is 0 Å². The van der Waals surface area contributed by atoms with Crippen LogP contribution in [0.4, 0.5) is 0 Å². The van der Waals surface area contributed by atoms with E-state index in [1.54, 1.807) is 4.90 Å². The quantitative estimate of drug-likeness (QED) is 0.398. The fourth-order valence-electron chi connectivity index (χ4n) is 6.77. The number of unbranched alkanes of at least 4 members (excludes halogenated alkanes) is 2. The molecule has 1 aliphatic heterocycles. The number of carbonyl (C=O) groups excluding carboxylic acids is 2. The Hall–Kier alpha value is -1.90. The molecule has 0 radical (unpaired) electrons. The van der Waals surface area contributed by atoms with Gasteiger partial charge in [0.15, 0.2) is 0 Å². The molecule has 4 aliphatic carbocycles. The lowest BCUT2D eigenvalue weighted by Crippen LogP contribution is -2.42. The number of benzene rings is 1. The van der Waals surface area contributed by atoms with Crippen molar-refractivity contribution in [3.63, 3.8) is 0 Å². The summed E-state index contributed by atoms with van der Waals surface area (Å²) in [6, 6.07) is 4.99. The molecule has 0 spiro atoms. The first kappa shape index (κ1) is 21.0. The van der Waals surface area contributed by atoms with Gasteiger partial charge < -0.3 is 0 Å². The van der Waals surface area contributed by atoms with Crippen molar-refractivity contribution >= 4 is 11.8 Å². The zero-order valence-electron chi connectivity index (χ0n) is 19.2. The molecule has 1 aromatic carbocycles. The minimum atomic E-state index is -0.169. The molecule has 1 saturated heterocycles. The Morgan fingerprint density at radius 1 is 0.774 bits per heavy atom. The SMILES string of the molecule is CCCCc1cc2c(cc1CCCC)C1C=CC2C2C(=O)N(C3CCCCC3)C(=O)C12. The number of imide groups is 1. The molecule has 31 heavy (non-hydrogen) atoms. The largest absolute Gasteiger partial charge is 0.279 e. The predicted molar refractivity (Wildman–Crippen MR) is 124 cm³/mol. The van der Waals surface area contributed by atoms with Gasteiger partial charge in [-0.05, 0) is 60.8 Å². The van der Waals surface area contributed by atoms with Crippen molar-refractivity contribution < 1.29 is 9.59 Å². The summed E-state index contributed by atoms with van der Waals surface area (Å²) in [6.45, 7) is 4.50.